The molecule has 0 saturated heterocycles. The summed E-state index contributed by atoms with van der Waals surface area (Å²) in [6.45, 7) is 0. The van der Waals surface area contributed by atoms with E-state index in [9.17, 15) is 9.50 Å². The second kappa shape index (κ2) is 4.79. The topological polar surface area (TPSA) is 33.1 Å². The number of aromatic nitrogens is 1. The summed E-state index contributed by atoms with van der Waals surface area (Å²) in [6.07, 6.45) is -0.921. The van der Waals surface area contributed by atoms with E-state index in [1.165, 1.54) is 29.5 Å². The Morgan fingerprint density at radius 2 is 2.19 bits per heavy atom. The maximum absolute atomic E-state index is 13.1. The van der Waals surface area contributed by atoms with E-state index in [2.05, 4.69) is 20.9 Å². The highest BCUT2D eigenvalue weighted by Crippen LogP contribution is 2.32. The number of rotatable bonds is 2. The SMILES string of the molecule is OC(c1cc(F)cc(Cl)c1)c1scnc1Br. The van der Waals surface area contributed by atoms with Crippen molar-refractivity contribution in [3.05, 3.63) is 49.6 Å². The first-order valence-corrected chi connectivity index (χ1v) is 6.36. The molecule has 1 atom stereocenters. The molecule has 0 amide bonds. The highest BCUT2D eigenvalue weighted by Gasteiger charge is 2.17. The first-order valence-electron chi connectivity index (χ1n) is 4.31. The van der Waals surface area contributed by atoms with E-state index in [0.717, 1.165) is 0 Å². The van der Waals surface area contributed by atoms with Gasteiger partial charge in [0, 0.05) is 5.02 Å². The van der Waals surface area contributed by atoms with Crippen LogP contribution < -0.4 is 0 Å². The number of benzene rings is 1. The van der Waals surface area contributed by atoms with Crippen molar-refractivity contribution in [2.75, 3.05) is 0 Å². The van der Waals surface area contributed by atoms with Crippen molar-refractivity contribution >= 4 is 38.9 Å². The van der Waals surface area contributed by atoms with Crippen LogP contribution in [0.15, 0.2) is 28.3 Å². The van der Waals surface area contributed by atoms with Gasteiger partial charge in [0.2, 0.25) is 0 Å². The van der Waals surface area contributed by atoms with Crippen LogP contribution in [0, 0.1) is 5.82 Å². The zero-order valence-corrected chi connectivity index (χ0v) is 11.0. The molecule has 2 nitrogen and oxygen atoms in total. The summed E-state index contributed by atoms with van der Waals surface area (Å²) in [6, 6.07) is 3.98. The summed E-state index contributed by atoms with van der Waals surface area (Å²) in [4.78, 5) is 4.58. The number of thiazole rings is 1. The smallest absolute Gasteiger partial charge is 0.125 e. The maximum Gasteiger partial charge on any atom is 0.125 e. The highest BCUT2D eigenvalue weighted by molar-refractivity contribution is 9.10. The van der Waals surface area contributed by atoms with E-state index in [1.54, 1.807) is 5.51 Å². The molecular weight excluding hydrogens is 317 g/mol. The molecule has 0 spiro atoms. The van der Waals surface area contributed by atoms with Crippen LogP contribution in [0.4, 0.5) is 4.39 Å². The molecule has 0 aliphatic rings. The van der Waals surface area contributed by atoms with Crippen molar-refractivity contribution in [3.63, 3.8) is 0 Å². The third kappa shape index (κ3) is 2.43. The predicted molar refractivity (Wildman–Crippen MR) is 65.3 cm³/mol. The van der Waals surface area contributed by atoms with Crippen LogP contribution in [0.1, 0.15) is 16.5 Å². The number of aliphatic hydroxyl groups is 1. The lowest BCUT2D eigenvalue weighted by Gasteiger charge is -2.09. The van der Waals surface area contributed by atoms with Gasteiger partial charge in [-0.1, -0.05) is 11.6 Å². The van der Waals surface area contributed by atoms with Gasteiger partial charge in [0.15, 0.2) is 0 Å². The third-order valence-corrected chi connectivity index (χ3v) is 3.99. The van der Waals surface area contributed by atoms with Gasteiger partial charge >= 0.3 is 0 Å². The van der Waals surface area contributed by atoms with Crippen molar-refractivity contribution in [2.24, 2.45) is 0 Å². The molecule has 6 heteroatoms. The quantitative estimate of drug-likeness (QED) is 0.913. The molecule has 0 saturated carbocycles. The molecule has 0 aliphatic carbocycles. The summed E-state index contributed by atoms with van der Waals surface area (Å²) in [7, 11) is 0. The Labute approximate surface area is 109 Å². The fourth-order valence-electron chi connectivity index (χ4n) is 1.30. The van der Waals surface area contributed by atoms with E-state index in [4.69, 9.17) is 11.6 Å². The summed E-state index contributed by atoms with van der Waals surface area (Å²) in [5.41, 5.74) is 2.01. The van der Waals surface area contributed by atoms with Crippen molar-refractivity contribution in [2.45, 2.75) is 6.10 Å². The van der Waals surface area contributed by atoms with Crippen LogP contribution in [0.3, 0.4) is 0 Å². The van der Waals surface area contributed by atoms with Gasteiger partial charge in [-0.25, -0.2) is 9.37 Å². The highest BCUT2D eigenvalue weighted by atomic mass is 79.9. The molecule has 2 aromatic rings. The molecule has 16 heavy (non-hydrogen) atoms. The molecule has 0 bridgehead atoms. The van der Waals surface area contributed by atoms with Gasteiger partial charge in [0.1, 0.15) is 16.5 Å². The Kier molecular flexibility index (Phi) is 3.59. The summed E-state index contributed by atoms with van der Waals surface area (Å²) >= 11 is 10.2. The molecule has 0 aliphatic heterocycles. The predicted octanol–water partition coefficient (Wildman–Crippen LogP) is 3.78. The molecule has 84 valence electrons. The lowest BCUT2D eigenvalue weighted by atomic mass is 10.1. The third-order valence-electron chi connectivity index (χ3n) is 2.00. The lowest BCUT2D eigenvalue weighted by molar-refractivity contribution is 0.222. The van der Waals surface area contributed by atoms with Crippen LogP contribution in [0.2, 0.25) is 5.02 Å². The molecule has 0 fully saturated rings. The van der Waals surface area contributed by atoms with Crippen LogP contribution in [-0.2, 0) is 0 Å². The van der Waals surface area contributed by atoms with Crippen molar-refractivity contribution in [1.82, 2.24) is 4.98 Å². The number of nitrogens with zero attached hydrogens (tertiary/aromatic N) is 1. The van der Waals surface area contributed by atoms with E-state index >= 15 is 0 Å². The van der Waals surface area contributed by atoms with Crippen LogP contribution in [0.5, 0.6) is 0 Å². The molecule has 1 N–H and O–H groups in total. The normalized spacial score (nSPS) is 12.8. The van der Waals surface area contributed by atoms with E-state index < -0.39 is 11.9 Å². The Balaban J connectivity index is 2.41. The van der Waals surface area contributed by atoms with Crippen LogP contribution in [0.25, 0.3) is 0 Å². The average molecular weight is 323 g/mol. The van der Waals surface area contributed by atoms with Gasteiger partial charge in [0.25, 0.3) is 0 Å². The van der Waals surface area contributed by atoms with Gasteiger partial charge in [0.05, 0.1) is 10.4 Å². The van der Waals surface area contributed by atoms with Crippen LogP contribution in [-0.4, -0.2) is 10.1 Å². The average Bonchev–Trinajstić information content (AvgIpc) is 2.62. The molecule has 0 radical (unpaired) electrons. The minimum atomic E-state index is -0.921. The lowest BCUT2D eigenvalue weighted by Crippen LogP contribution is -1.98. The zero-order chi connectivity index (χ0) is 11.7. The number of hydrogen-bond acceptors (Lipinski definition) is 3. The van der Waals surface area contributed by atoms with E-state index in [0.29, 0.717) is 15.0 Å². The molecule has 1 heterocycles. The first kappa shape index (κ1) is 12.0. The van der Waals surface area contributed by atoms with Crippen molar-refractivity contribution < 1.29 is 9.50 Å². The fraction of sp³-hybridized carbons (Fsp3) is 0.100. The zero-order valence-electron chi connectivity index (χ0n) is 7.82. The molecular formula is C10H6BrClFNOS. The second-order valence-corrected chi connectivity index (χ2v) is 5.19. The van der Waals surface area contributed by atoms with Gasteiger partial charge < -0.3 is 5.11 Å². The molecule has 1 unspecified atom stereocenters. The van der Waals surface area contributed by atoms with Crippen LogP contribution >= 0.6 is 38.9 Å². The van der Waals surface area contributed by atoms with Gasteiger partial charge in [-0.15, -0.1) is 11.3 Å². The molecule has 1 aromatic heterocycles. The minimum absolute atomic E-state index is 0.259. The Morgan fingerprint density at radius 3 is 2.75 bits per heavy atom. The number of halogens is 3. The van der Waals surface area contributed by atoms with E-state index in [1.807, 2.05) is 0 Å². The van der Waals surface area contributed by atoms with Gasteiger partial charge in [-0.2, -0.15) is 0 Å². The Hall–Kier alpha value is -0.490. The monoisotopic (exact) mass is 321 g/mol. The van der Waals surface area contributed by atoms with Gasteiger partial charge in [-0.05, 0) is 39.7 Å². The standard InChI is InChI=1S/C10H6BrClFNOS/c11-10-9(16-4-14-10)8(15)5-1-6(12)3-7(13)2-5/h1-4,8,15H. The second-order valence-electron chi connectivity index (χ2n) is 3.11. The largest absolute Gasteiger partial charge is 0.383 e. The Bertz CT molecular complexity index is 499. The summed E-state index contributed by atoms with van der Waals surface area (Å²) in [5, 5.41) is 10.3. The van der Waals surface area contributed by atoms with Gasteiger partial charge in [-0.3, -0.25) is 0 Å². The minimum Gasteiger partial charge on any atom is -0.383 e. The summed E-state index contributed by atoms with van der Waals surface area (Å²) in [5.74, 6) is -0.470. The van der Waals surface area contributed by atoms with Crippen molar-refractivity contribution in [1.29, 1.82) is 0 Å². The Morgan fingerprint density at radius 1 is 1.44 bits per heavy atom. The summed E-state index contributed by atoms with van der Waals surface area (Å²) < 4.78 is 13.7. The van der Waals surface area contributed by atoms with E-state index in [-0.39, 0.29) is 5.02 Å². The number of aliphatic hydroxyl groups excluding tert-OH is 1. The molecule has 2 rings (SSSR count). The maximum atomic E-state index is 13.1. The first-order chi connectivity index (χ1) is 7.58. The molecule has 1 aromatic carbocycles. The van der Waals surface area contributed by atoms with Crippen molar-refractivity contribution in [3.8, 4) is 0 Å². The fourth-order valence-corrected chi connectivity index (χ4v) is 2.96. The number of hydrogen-bond donors (Lipinski definition) is 1.